The second-order valence-corrected chi connectivity index (χ2v) is 6.98. The van der Waals surface area contributed by atoms with E-state index < -0.39 is 10.0 Å². The summed E-state index contributed by atoms with van der Waals surface area (Å²) in [6, 6.07) is 15.2. The fraction of sp³-hybridized carbons (Fsp3) is 0.0667. The van der Waals surface area contributed by atoms with E-state index in [1.807, 2.05) is 7.05 Å². The fourth-order valence-electron chi connectivity index (χ4n) is 2.11. The van der Waals surface area contributed by atoms with Crippen molar-refractivity contribution in [2.24, 2.45) is 7.05 Å². The highest BCUT2D eigenvalue weighted by Crippen LogP contribution is 2.21. The average molecular weight is 346 g/mol. The zero-order valence-corrected chi connectivity index (χ0v) is 13.9. The molecule has 0 aliphatic carbocycles. The summed E-state index contributed by atoms with van der Waals surface area (Å²) in [5.74, 6) is 0.687. The van der Waals surface area contributed by atoms with Gasteiger partial charge in [-0.2, -0.15) is 5.10 Å². The monoisotopic (exact) mass is 346 g/mol. The van der Waals surface area contributed by atoms with Gasteiger partial charge in [0.15, 0.2) is 10.6 Å². The van der Waals surface area contributed by atoms with E-state index in [4.69, 9.17) is 12.2 Å². The van der Waals surface area contributed by atoms with Crippen LogP contribution in [0.4, 0.5) is 5.69 Å². The van der Waals surface area contributed by atoms with Crippen LogP contribution in [0, 0.1) is 4.77 Å². The van der Waals surface area contributed by atoms with Crippen molar-refractivity contribution < 1.29 is 8.42 Å². The molecule has 2 aromatic carbocycles. The van der Waals surface area contributed by atoms with Crippen molar-refractivity contribution in [3.63, 3.8) is 0 Å². The first kappa shape index (κ1) is 15.4. The second kappa shape index (κ2) is 5.98. The highest BCUT2D eigenvalue weighted by Gasteiger charge is 2.13. The van der Waals surface area contributed by atoms with Gasteiger partial charge in [-0.1, -0.05) is 18.2 Å². The van der Waals surface area contributed by atoms with Crippen molar-refractivity contribution in [1.82, 2.24) is 14.8 Å². The Hall–Kier alpha value is -2.45. The van der Waals surface area contributed by atoms with Crippen LogP contribution >= 0.6 is 12.2 Å². The Labute approximate surface area is 138 Å². The van der Waals surface area contributed by atoms with Crippen LogP contribution in [0.3, 0.4) is 0 Å². The van der Waals surface area contributed by atoms with Gasteiger partial charge in [-0.05, 0) is 48.6 Å². The molecule has 3 aromatic rings. The Kier molecular flexibility index (Phi) is 4.01. The first-order valence-corrected chi connectivity index (χ1v) is 8.66. The van der Waals surface area contributed by atoms with E-state index in [-0.39, 0.29) is 4.90 Å². The molecule has 6 nitrogen and oxygen atoms in total. The van der Waals surface area contributed by atoms with Crippen LogP contribution in [0.25, 0.3) is 11.4 Å². The highest BCUT2D eigenvalue weighted by molar-refractivity contribution is 7.92. The lowest BCUT2D eigenvalue weighted by Gasteiger charge is -2.08. The molecule has 0 unspecified atom stereocenters. The molecule has 3 rings (SSSR count). The molecular weight excluding hydrogens is 332 g/mol. The van der Waals surface area contributed by atoms with Gasteiger partial charge in [-0.3, -0.25) is 9.82 Å². The lowest BCUT2D eigenvalue weighted by Crippen LogP contribution is -2.12. The van der Waals surface area contributed by atoms with Gasteiger partial charge >= 0.3 is 0 Å². The van der Waals surface area contributed by atoms with Gasteiger partial charge in [0.25, 0.3) is 10.0 Å². The smallest absolute Gasteiger partial charge is 0.261 e. The molecule has 0 radical (unpaired) electrons. The number of sulfonamides is 1. The lowest BCUT2D eigenvalue weighted by atomic mass is 10.2. The Morgan fingerprint density at radius 3 is 2.30 bits per heavy atom. The average Bonchev–Trinajstić information content (AvgIpc) is 2.88. The van der Waals surface area contributed by atoms with Gasteiger partial charge in [0.05, 0.1) is 4.90 Å². The molecule has 0 amide bonds. The minimum atomic E-state index is -3.59. The normalized spacial score (nSPS) is 11.3. The van der Waals surface area contributed by atoms with E-state index in [0.29, 0.717) is 16.3 Å². The van der Waals surface area contributed by atoms with Crippen molar-refractivity contribution in [3.8, 4) is 11.4 Å². The third-order valence-corrected chi connectivity index (χ3v) is 5.09. The predicted molar refractivity (Wildman–Crippen MR) is 91.1 cm³/mol. The highest BCUT2D eigenvalue weighted by atomic mass is 32.2. The van der Waals surface area contributed by atoms with Crippen LogP contribution < -0.4 is 4.72 Å². The molecule has 0 spiro atoms. The van der Waals surface area contributed by atoms with Crippen molar-refractivity contribution in [2.45, 2.75) is 4.90 Å². The topological polar surface area (TPSA) is 79.8 Å². The maximum Gasteiger partial charge on any atom is 0.261 e. The minimum absolute atomic E-state index is 0.221. The molecule has 1 aromatic heterocycles. The number of aromatic amines is 1. The summed E-state index contributed by atoms with van der Waals surface area (Å²) in [5, 5.41) is 6.86. The summed E-state index contributed by atoms with van der Waals surface area (Å²) >= 11 is 5.08. The third kappa shape index (κ3) is 3.17. The number of rotatable bonds is 4. The number of H-pyrrole nitrogens is 1. The molecule has 0 atom stereocenters. The van der Waals surface area contributed by atoms with Gasteiger partial charge in [0.1, 0.15) is 0 Å². The lowest BCUT2D eigenvalue weighted by molar-refractivity contribution is 0.601. The molecular formula is C15H14N4O2S2. The number of nitrogens with zero attached hydrogens (tertiary/aromatic N) is 2. The number of nitrogens with one attached hydrogen (secondary N) is 2. The molecule has 118 valence electrons. The SMILES string of the molecule is Cn1c(-c2ccc(NS(=O)(=O)c3ccccc3)cc2)n[nH]c1=S. The Bertz CT molecular complexity index is 974. The molecule has 0 bridgehead atoms. The first-order valence-electron chi connectivity index (χ1n) is 6.77. The van der Waals surface area contributed by atoms with Crippen LogP contribution in [-0.4, -0.2) is 23.2 Å². The molecule has 0 aliphatic rings. The van der Waals surface area contributed by atoms with Crippen molar-refractivity contribution in [2.75, 3.05) is 4.72 Å². The Morgan fingerprint density at radius 2 is 1.74 bits per heavy atom. The molecule has 2 N–H and O–H groups in total. The van der Waals surface area contributed by atoms with E-state index in [9.17, 15) is 8.42 Å². The van der Waals surface area contributed by atoms with Crippen molar-refractivity contribution >= 4 is 27.9 Å². The molecule has 1 heterocycles. The van der Waals surface area contributed by atoms with Crippen LogP contribution in [0.1, 0.15) is 0 Å². The standard InChI is InChI=1S/C15H14N4O2S2/c1-19-14(16-17-15(19)22)11-7-9-12(10-8-11)18-23(20,21)13-5-3-2-4-6-13/h2-10,18H,1H3,(H,17,22). The zero-order chi connectivity index (χ0) is 16.4. The molecule has 0 saturated heterocycles. The van der Waals surface area contributed by atoms with E-state index >= 15 is 0 Å². The fourth-order valence-corrected chi connectivity index (χ4v) is 3.32. The summed E-state index contributed by atoms with van der Waals surface area (Å²) in [7, 11) is -1.78. The van der Waals surface area contributed by atoms with Crippen LogP contribution in [-0.2, 0) is 17.1 Å². The van der Waals surface area contributed by atoms with E-state index in [1.165, 1.54) is 0 Å². The van der Waals surface area contributed by atoms with Crippen molar-refractivity contribution in [3.05, 3.63) is 59.4 Å². The summed E-state index contributed by atoms with van der Waals surface area (Å²) < 4.78 is 29.4. The van der Waals surface area contributed by atoms with Gasteiger partial charge in [-0.25, -0.2) is 8.42 Å². The largest absolute Gasteiger partial charge is 0.303 e. The molecule has 0 saturated carbocycles. The van der Waals surface area contributed by atoms with Crippen LogP contribution in [0.15, 0.2) is 59.5 Å². The van der Waals surface area contributed by atoms with E-state index in [1.54, 1.807) is 59.2 Å². The van der Waals surface area contributed by atoms with Crippen molar-refractivity contribution in [1.29, 1.82) is 0 Å². The van der Waals surface area contributed by atoms with Crippen LogP contribution in [0.5, 0.6) is 0 Å². The predicted octanol–water partition coefficient (Wildman–Crippen LogP) is 2.95. The number of anilines is 1. The van der Waals surface area contributed by atoms with E-state index in [0.717, 1.165) is 5.56 Å². The summed E-state index contributed by atoms with van der Waals surface area (Å²) in [6.45, 7) is 0. The van der Waals surface area contributed by atoms with E-state index in [2.05, 4.69) is 14.9 Å². The molecule has 0 aliphatic heterocycles. The number of aromatic nitrogens is 3. The molecule has 0 fully saturated rings. The van der Waals surface area contributed by atoms with Crippen LogP contribution in [0.2, 0.25) is 0 Å². The molecule has 23 heavy (non-hydrogen) atoms. The third-order valence-electron chi connectivity index (χ3n) is 3.33. The molecule has 8 heteroatoms. The number of hydrogen-bond acceptors (Lipinski definition) is 4. The Morgan fingerprint density at radius 1 is 1.09 bits per heavy atom. The maximum absolute atomic E-state index is 12.3. The van der Waals surface area contributed by atoms with Gasteiger partial charge in [-0.15, -0.1) is 0 Å². The van der Waals surface area contributed by atoms with Gasteiger partial charge in [0.2, 0.25) is 0 Å². The number of hydrogen-bond donors (Lipinski definition) is 2. The summed E-state index contributed by atoms with van der Waals surface area (Å²) in [5.41, 5.74) is 1.32. The van der Waals surface area contributed by atoms with Gasteiger partial charge < -0.3 is 4.57 Å². The van der Waals surface area contributed by atoms with Gasteiger partial charge in [0, 0.05) is 18.3 Å². The Balaban J connectivity index is 1.86. The minimum Gasteiger partial charge on any atom is -0.303 e. The first-order chi connectivity index (χ1) is 11.0. The number of benzene rings is 2. The summed E-state index contributed by atoms with van der Waals surface area (Å²) in [4.78, 5) is 0.221. The quantitative estimate of drug-likeness (QED) is 0.712. The summed E-state index contributed by atoms with van der Waals surface area (Å²) in [6.07, 6.45) is 0. The zero-order valence-electron chi connectivity index (χ0n) is 12.2. The second-order valence-electron chi connectivity index (χ2n) is 4.91. The maximum atomic E-state index is 12.3.